The van der Waals surface area contributed by atoms with Crippen LogP contribution in [0.4, 0.5) is 0 Å². The van der Waals surface area contributed by atoms with Gasteiger partial charge in [0.25, 0.3) is 0 Å². The van der Waals surface area contributed by atoms with Gasteiger partial charge in [0.15, 0.2) is 17.4 Å². The molecule has 0 nitrogen and oxygen atoms in total. The molecule has 0 heterocycles. The molecule has 0 bridgehead atoms. The smallest absolute Gasteiger partial charge is 1.00 e. The summed E-state index contributed by atoms with van der Waals surface area (Å²) < 4.78 is 0. The predicted molar refractivity (Wildman–Crippen MR) is 29.3 cm³/mol. The van der Waals surface area contributed by atoms with Crippen LogP contribution >= 0.6 is 0 Å². The molecule has 0 aromatic carbocycles. The van der Waals surface area contributed by atoms with Crippen molar-refractivity contribution >= 4 is 51.4 Å². The second kappa shape index (κ2) is 29.3. The monoisotopic (exact) mass is 332 g/mol. The Labute approximate surface area is 92.5 Å². The van der Waals surface area contributed by atoms with Gasteiger partial charge in [0.2, 0.25) is 0 Å². The van der Waals surface area contributed by atoms with E-state index in [1.54, 1.807) is 0 Å². The van der Waals surface area contributed by atoms with Gasteiger partial charge in [0.1, 0.15) is 0 Å². The molecule has 5 heavy (non-hydrogen) atoms. The van der Waals surface area contributed by atoms with Gasteiger partial charge in [-0.2, -0.15) is 0 Å². The van der Waals surface area contributed by atoms with Gasteiger partial charge in [0, 0.05) is 39.4 Å². The summed E-state index contributed by atoms with van der Waals surface area (Å²) in [5.74, 6) is 0. The first-order chi connectivity index (χ1) is 0. The van der Waals surface area contributed by atoms with Crippen molar-refractivity contribution in [3.8, 4) is 0 Å². The van der Waals surface area contributed by atoms with Crippen molar-refractivity contribution in [3.63, 3.8) is 0 Å². The van der Waals surface area contributed by atoms with Crippen LogP contribution in [0.5, 0.6) is 0 Å². The first-order valence-electron chi connectivity index (χ1n) is 0. The van der Waals surface area contributed by atoms with Gasteiger partial charge in [-0.1, -0.05) is 0 Å². The third-order valence-corrected chi connectivity index (χ3v) is 0. The van der Waals surface area contributed by atoms with Crippen LogP contribution in [0.25, 0.3) is 0 Å². The van der Waals surface area contributed by atoms with Gasteiger partial charge in [-0.25, -0.2) is 0 Å². The molecular weight excluding hydrogens is 324 g/mol. The van der Waals surface area contributed by atoms with E-state index in [1.165, 1.54) is 0 Å². The summed E-state index contributed by atoms with van der Waals surface area (Å²) in [6.07, 6.45) is 0. The third-order valence-electron chi connectivity index (χ3n) is 0. The molecule has 0 aromatic heterocycles. The molecular formula is H9AlCuMgSiTa. The van der Waals surface area contributed by atoms with E-state index in [1.807, 2.05) is 0 Å². The SMILES string of the molecule is [AlH3].[Cu].[H-].[H-].[Mg+2].[SiH4].[Ta]. The van der Waals surface area contributed by atoms with E-state index in [2.05, 4.69) is 0 Å². The van der Waals surface area contributed by atoms with Crippen LogP contribution in [0, 0.1) is 0 Å². The number of hydrogen-bond acceptors (Lipinski definition) is 0. The van der Waals surface area contributed by atoms with Crippen molar-refractivity contribution in [3.05, 3.63) is 0 Å². The number of hydrogen-bond donors (Lipinski definition) is 0. The van der Waals surface area contributed by atoms with Gasteiger partial charge in [0.05, 0.1) is 0 Å². The molecule has 0 aliphatic rings. The fourth-order valence-corrected chi connectivity index (χ4v) is 0. The summed E-state index contributed by atoms with van der Waals surface area (Å²) in [4.78, 5) is 0. The summed E-state index contributed by atoms with van der Waals surface area (Å²) in [6.45, 7) is 0. The van der Waals surface area contributed by atoms with Gasteiger partial charge in [-0.15, -0.1) is 0 Å². The molecule has 0 unspecified atom stereocenters. The Morgan fingerprint density at radius 2 is 1.20 bits per heavy atom. The van der Waals surface area contributed by atoms with Crippen molar-refractivity contribution in [2.24, 2.45) is 0 Å². The van der Waals surface area contributed by atoms with Crippen LogP contribution in [0.2, 0.25) is 0 Å². The minimum absolute atomic E-state index is 0. The predicted octanol–water partition coefficient (Wildman–Crippen LogP) is -2.80. The van der Waals surface area contributed by atoms with Crippen molar-refractivity contribution in [2.45, 2.75) is 0 Å². The van der Waals surface area contributed by atoms with Crippen LogP contribution in [0.1, 0.15) is 2.85 Å². The Morgan fingerprint density at radius 1 is 1.20 bits per heavy atom. The third kappa shape index (κ3) is 20.1. The van der Waals surface area contributed by atoms with E-state index in [9.17, 15) is 0 Å². The zero-order valence-corrected chi connectivity index (χ0v) is 7.03. The molecule has 0 aromatic rings. The van der Waals surface area contributed by atoms with Crippen LogP contribution in [0.3, 0.4) is 0 Å². The molecule has 5 heteroatoms. The van der Waals surface area contributed by atoms with Crippen molar-refractivity contribution in [1.29, 1.82) is 0 Å². The largest absolute Gasteiger partial charge is 2.00 e. The molecule has 0 aliphatic heterocycles. The molecule has 0 fully saturated rings. The summed E-state index contributed by atoms with van der Waals surface area (Å²) in [5, 5.41) is 0. The van der Waals surface area contributed by atoms with E-state index < -0.39 is 0 Å². The summed E-state index contributed by atoms with van der Waals surface area (Å²) in [7, 11) is 0. The summed E-state index contributed by atoms with van der Waals surface area (Å²) in [5.41, 5.74) is 0. The van der Waals surface area contributed by atoms with Crippen LogP contribution in [0.15, 0.2) is 0 Å². The molecule has 0 atom stereocenters. The Bertz CT molecular complexity index is 17.7. The van der Waals surface area contributed by atoms with Gasteiger partial charge in [-0.3, -0.25) is 0 Å². The molecule has 0 spiro atoms. The molecule has 0 amide bonds. The maximum absolute atomic E-state index is 0. The molecule has 0 saturated carbocycles. The summed E-state index contributed by atoms with van der Waals surface area (Å²) >= 11 is 0. The van der Waals surface area contributed by atoms with E-state index in [-0.39, 0.29) is 93.7 Å². The van der Waals surface area contributed by atoms with Crippen molar-refractivity contribution < 1.29 is 42.3 Å². The number of rotatable bonds is 0. The Hall–Kier alpha value is 2.78. The average Bonchev–Trinajstić information content (AvgIpc) is 0. The van der Waals surface area contributed by atoms with Crippen LogP contribution in [-0.4, -0.2) is 51.4 Å². The molecule has 2 radical (unpaired) electrons. The minimum Gasteiger partial charge on any atom is -1.00 e. The van der Waals surface area contributed by atoms with Crippen LogP contribution < -0.4 is 0 Å². The zero-order chi connectivity index (χ0) is 0. The fraction of sp³-hybridized carbons (Fsp3) is 0. The van der Waals surface area contributed by atoms with Gasteiger partial charge >= 0.3 is 23.1 Å². The van der Waals surface area contributed by atoms with E-state index in [4.69, 9.17) is 0 Å². The van der Waals surface area contributed by atoms with E-state index in [0.29, 0.717) is 0 Å². The molecule has 0 saturated heterocycles. The minimum atomic E-state index is 0. The quantitative estimate of drug-likeness (QED) is 0.421. The van der Waals surface area contributed by atoms with Crippen molar-refractivity contribution in [1.82, 2.24) is 0 Å². The second-order valence-corrected chi connectivity index (χ2v) is 0. The zero-order valence-electron chi connectivity index (χ0n) is 3.46. The summed E-state index contributed by atoms with van der Waals surface area (Å²) in [6, 6.07) is 0. The topological polar surface area (TPSA) is 0 Å². The normalized spacial score (nSPS) is 0. The Kier molecular flexibility index (Phi) is 272. The first-order valence-corrected chi connectivity index (χ1v) is 0. The molecule has 0 aliphatic carbocycles. The Balaban J connectivity index is 0. The maximum Gasteiger partial charge on any atom is 2.00 e. The fourth-order valence-electron chi connectivity index (χ4n) is 0. The molecule has 34 valence electrons. The standard InChI is InChI=1S/Al.Cu.Mg.H4Si.Ta.5H/h;;;1H4;;;;;;/q;;+2;;;;;;2*-1. The van der Waals surface area contributed by atoms with Crippen molar-refractivity contribution in [2.75, 3.05) is 0 Å². The molecule has 0 rings (SSSR count). The van der Waals surface area contributed by atoms with E-state index >= 15 is 0 Å². The first kappa shape index (κ1) is 46.3. The van der Waals surface area contributed by atoms with Gasteiger partial charge < -0.3 is 2.85 Å². The molecule has 0 N–H and O–H groups in total. The average molecular weight is 333 g/mol. The van der Waals surface area contributed by atoms with Crippen LogP contribution in [-0.2, 0) is 39.4 Å². The Morgan fingerprint density at radius 3 is 1.20 bits per heavy atom. The maximum atomic E-state index is 0. The van der Waals surface area contributed by atoms with Gasteiger partial charge in [-0.05, 0) is 11.0 Å². The van der Waals surface area contributed by atoms with E-state index in [0.717, 1.165) is 0 Å². The second-order valence-electron chi connectivity index (χ2n) is 0.